The monoisotopic (exact) mass is 247 g/mol. The Kier molecular flexibility index (Phi) is 3.53. The number of nitrogens with zero attached hydrogens (tertiary/aromatic N) is 1. The number of nitrogens with one attached hydrogen (secondary N) is 1. The second kappa shape index (κ2) is 5.10. The van der Waals surface area contributed by atoms with Crippen molar-refractivity contribution in [1.82, 2.24) is 10.2 Å². The number of hydrogen-bond acceptors (Lipinski definition) is 4. The average Bonchev–Trinajstić information content (AvgIpc) is 2.74. The van der Waals surface area contributed by atoms with Gasteiger partial charge in [0.05, 0.1) is 12.7 Å². The average molecular weight is 247 g/mol. The van der Waals surface area contributed by atoms with Gasteiger partial charge in [0.25, 0.3) is 0 Å². The third-order valence-electron chi connectivity index (χ3n) is 2.60. The van der Waals surface area contributed by atoms with E-state index in [0.29, 0.717) is 11.6 Å². The number of aryl methyl sites for hydroxylation is 1. The van der Waals surface area contributed by atoms with Gasteiger partial charge in [-0.25, -0.2) is 0 Å². The highest BCUT2D eigenvalue weighted by Crippen LogP contribution is 2.35. The first-order valence-corrected chi connectivity index (χ1v) is 5.74. The number of aromatic amines is 1. The van der Waals surface area contributed by atoms with Gasteiger partial charge in [0.1, 0.15) is 11.5 Å². The molecule has 1 aromatic carbocycles. The molecule has 18 heavy (non-hydrogen) atoms. The van der Waals surface area contributed by atoms with Crippen molar-refractivity contribution in [3.63, 3.8) is 0 Å². The minimum absolute atomic E-state index is 0.184. The van der Waals surface area contributed by atoms with E-state index in [4.69, 9.17) is 15.2 Å². The summed E-state index contributed by atoms with van der Waals surface area (Å²) in [6.45, 7) is 3.80. The van der Waals surface area contributed by atoms with E-state index in [2.05, 4.69) is 10.2 Å². The molecular formula is C13H17N3O2. The summed E-state index contributed by atoms with van der Waals surface area (Å²) >= 11 is 0. The third-order valence-corrected chi connectivity index (χ3v) is 2.60. The first-order valence-electron chi connectivity index (χ1n) is 5.74. The molecule has 2 aromatic rings. The first-order chi connectivity index (χ1) is 8.61. The van der Waals surface area contributed by atoms with Gasteiger partial charge in [-0.15, -0.1) is 5.10 Å². The van der Waals surface area contributed by atoms with E-state index in [-0.39, 0.29) is 6.04 Å². The smallest absolute Gasteiger partial charge is 0.238 e. The Balaban J connectivity index is 2.37. The van der Waals surface area contributed by atoms with Crippen molar-refractivity contribution in [2.45, 2.75) is 19.9 Å². The van der Waals surface area contributed by atoms with Gasteiger partial charge < -0.3 is 15.2 Å². The summed E-state index contributed by atoms with van der Waals surface area (Å²) in [4.78, 5) is 0. The second-order valence-electron chi connectivity index (χ2n) is 4.15. The number of rotatable bonds is 4. The van der Waals surface area contributed by atoms with Crippen LogP contribution in [0.15, 0.2) is 24.3 Å². The first kappa shape index (κ1) is 12.4. The van der Waals surface area contributed by atoms with Gasteiger partial charge in [-0.3, -0.25) is 5.10 Å². The highest BCUT2D eigenvalue weighted by Gasteiger charge is 2.15. The van der Waals surface area contributed by atoms with Crippen molar-refractivity contribution >= 4 is 0 Å². The van der Waals surface area contributed by atoms with Crippen LogP contribution in [-0.2, 0) is 0 Å². The van der Waals surface area contributed by atoms with Crippen LogP contribution in [0.4, 0.5) is 0 Å². The molecule has 1 heterocycles. The van der Waals surface area contributed by atoms with Crippen LogP contribution < -0.4 is 15.2 Å². The molecule has 5 nitrogen and oxygen atoms in total. The summed E-state index contributed by atoms with van der Waals surface area (Å²) < 4.78 is 11.0. The number of aromatic nitrogens is 2. The normalized spacial score (nSPS) is 12.2. The zero-order chi connectivity index (χ0) is 13.1. The zero-order valence-electron chi connectivity index (χ0n) is 10.7. The van der Waals surface area contributed by atoms with Gasteiger partial charge in [-0.1, -0.05) is 6.07 Å². The fourth-order valence-electron chi connectivity index (χ4n) is 1.80. The van der Waals surface area contributed by atoms with Crippen molar-refractivity contribution in [3.8, 4) is 17.4 Å². The van der Waals surface area contributed by atoms with Gasteiger partial charge in [-0.05, 0) is 26.0 Å². The zero-order valence-corrected chi connectivity index (χ0v) is 10.7. The molecule has 0 unspecified atom stereocenters. The van der Waals surface area contributed by atoms with Crippen LogP contribution in [0.2, 0.25) is 0 Å². The van der Waals surface area contributed by atoms with E-state index in [1.807, 2.05) is 38.1 Å². The molecule has 0 spiro atoms. The molecule has 0 amide bonds. The Morgan fingerprint density at radius 3 is 2.61 bits per heavy atom. The predicted octanol–water partition coefficient (Wildman–Crippen LogP) is 2.54. The molecule has 0 bridgehead atoms. The van der Waals surface area contributed by atoms with Crippen LogP contribution in [0.1, 0.15) is 24.2 Å². The van der Waals surface area contributed by atoms with Crippen molar-refractivity contribution in [1.29, 1.82) is 0 Å². The minimum atomic E-state index is -0.184. The molecule has 96 valence electrons. The molecule has 1 atom stereocenters. The Hall–Kier alpha value is -2.01. The number of methoxy groups -OCH3 is 1. The predicted molar refractivity (Wildman–Crippen MR) is 69.0 cm³/mol. The standard InChI is InChI=1S/C13H17N3O2/c1-8-7-12(16-15-8)18-11-6-4-5-10(17-3)13(11)9(2)14/h4-7,9H,14H2,1-3H3,(H,15,16)/t9-/m0/s1. The van der Waals surface area contributed by atoms with Crippen molar-refractivity contribution in [3.05, 3.63) is 35.5 Å². The summed E-state index contributed by atoms with van der Waals surface area (Å²) in [5.74, 6) is 1.90. The minimum Gasteiger partial charge on any atom is -0.496 e. The topological polar surface area (TPSA) is 73.2 Å². The summed E-state index contributed by atoms with van der Waals surface area (Å²) in [7, 11) is 1.61. The number of hydrogen-bond donors (Lipinski definition) is 2. The molecule has 0 saturated heterocycles. The van der Waals surface area contributed by atoms with Gasteiger partial charge in [-0.2, -0.15) is 0 Å². The van der Waals surface area contributed by atoms with Crippen molar-refractivity contribution < 1.29 is 9.47 Å². The van der Waals surface area contributed by atoms with Gasteiger partial charge >= 0.3 is 0 Å². The second-order valence-corrected chi connectivity index (χ2v) is 4.15. The molecule has 2 rings (SSSR count). The molecule has 1 aromatic heterocycles. The summed E-state index contributed by atoms with van der Waals surface area (Å²) in [5.41, 5.74) is 7.74. The molecule has 0 aliphatic carbocycles. The Bertz CT molecular complexity index is 535. The SMILES string of the molecule is COc1cccc(Oc2cc(C)[nH]n2)c1[C@H](C)N. The fourth-order valence-corrected chi connectivity index (χ4v) is 1.80. The Morgan fingerprint density at radius 2 is 2.06 bits per heavy atom. The number of ether oxygens (including phenoxy) is 2. The maximum Gasteiger partial charge on any atom is 0.238 e. The maximum absolute atomic E-state index is 5.96. The van der Waals surface area contributed by atoms with Crippen LogP contribution in [0.25, 0.3) is 0 Å². The number of nitrogens with two attached hydrogens (primary N) is 1. The quantitative estimate of drug-likeness (QED) is 0.870. The van der Waals surface area contributed by atoms with Gasteiger partial charge in [0, 0.05) is 17.8 Å². The molecule has 5 heteroatoms. The van der Waals surface area contributed by atoms with Crippen LogP contribution >= 0.6 is 0 Å². The molecule has 0 fully saturated rings. The lowest BCUT2D eigenvalue weighted by Crippen LogP contribution is -2.08. The molecular weight excluding hydrogens is 230 g/mol. The number of H-pyrrole nitrogens is 1. The Morgan fingerprint density at radius 1 is 1.33 bits per heavy atom. The number of benzene rings is 1. The lowest BCUT2D eigenvalue weighted by atomic mass is 10.1. The summed E-state index contributed by atoms with van der Waals surface area (Å²) in [6.07, 6.45) is 0. The van der Waals surface area contributed by atoms with Crippen molar-refractivity contribution in [2.24, 2.45) is 5.73 Å². The van der Waals surface area contributed by atoms with Gasteiger partial charge in [0.2, 0.25) is 5.88 Å². The lowest BCUT2D eigenvalue weighted by Gasteiger charge is -2.15. The van der Waals surface area contributed by atoms with Gasteiger partial charge in [0.15, 0.2) is 0 Å². The van der Waals surface area contributed by atoms with Crippen LogP contribution in [0.3, 0.4) is 0 Å². The summed E-state index contributed by atoms with van der Waals surface area (Å²) in [5, 5.41) is 6.87. The van der Waals surface area contributed by atoms with E-state index >= 15 is 0 Å². The molecule has 0 aliphatic rings. The van der Waals surface area contributed by atoms with E-state index in [1.165, 1.54) is 0 Å². The molecule has 0 radical (unpaired) electrons. The maximum atomic E-state index is 5.96. The van der Waals surface area contributed by atoms with E-state index in [9.17, 15) is 0 Å². The van der Waals surface area contributed by atoms with Crippen LogP contribution in [-0.4, -0.2) is 17.3 Å². The van der Waals surface area contributed by atoms with Crippen LogP contribution in [0.5, 0.6) is 17.4 Å². The van der Waals surface area contributed by atoms with Crippen LogP contribution in [0, 0.1) is 6.92 Å². The third kappa shape index (κ3) is 2.46. The van der Waals surface area contributed by atoms with E-state index in [1.54, 1.807) is 7.11 Å². The lowest BCUT2D eigenvalue weighted by molar-refractivity contribution is 0.395. The molecule has 0 aliphatic heterocycles. The highest BCUT2D eigenvalue weighted by molar-refractivity contribution is 5.47. The largest absolute Gasteiger partial charge is 0.496 e. The fraction of sp³-hybridized carbons (Fsp3) is 0.308. The highest BCUT2D eigenvalue weighted by atomic mass is 16.5. The Labute approximate surface area is 106 Å². The molecule has 0 saturated carbocycles. The summed E-state index contributed by atoms with van der Waals surface area (Å²) in [6, 6.07) is 7.22. The van der Waals surface area contributed by atoms with Crippen molar-refractivity contribution in [2.75, 3.05) is 7.11 Å². The molecule has 3 N–H and O–H groups in total. The van der Waals surface area contributed by atoms with E-state index in [0.717, 1.165) is 17.0 Å². The van der Waals surface area contributed by atoms with E-state index < -0.39 is 0 Å².